The summed E-state index contributed by atoms with van der Waals surface area (Å²) in [5.74, 6) is -0.160. The number of amides is 1. The first-order valence-electron chi connectivity index (χ1n) is 9.06. The molecule has 1 aliphatic heterocycles. The maximum Gasteiger partial charge on any atom is 0.244 e. The average molecular weight is 486 g/mol. The Kier molecular flexibility index (Phi) is 6.81. The minimum absolute atomic E-state index is 0.127. The average Bonchev–Trinajstić information content (AvgIpc) is 2.83. The van der Waals surface area contributed by atoms with Crippen LogP contribution in [-0.4, -0.2) is 43.2 Å². The molecule has 0 saturated carbocycles. The summed E-state index contributed by atoms with van der Waals surface area (Å²) in [6.45, 7) is 0.769. The Balaban J connectivity index is 2.03. The van der Waals surface area contributed by atoms with Crippen molar-refractivity contribution in [1.29, 1.82) is 0 Å². The SMILES string of the molecule is CN1CCCC[C@@H](N(Cc2ccc(Br)cc2)S(=O)(=O)c2ccc(Cl)cc2)C1=O. The zero-order valence-electron chi connectivity index (χ0n) is 15.5. The topological polar surface area (TPSA) is 57.7 Å². The summed E-state index contributed by atoms with van der Waals surface area (Å²) in [5.41, 5.74) is 0.820. The zero-order chi connectivity index (χ0) is 20.3. The minimum atomic E-state index is -3.88. The highest BCUT2D eigenvalue weighted by molar-refractivity contribution is 9.10. The van der Waals surface area contributed by atoms with Crippen LogP contribution in [0, 0.1) is 0 Å². The monoisotopic (exact) mass is 484 g/mol. The molecule has 28 heavy (non-hydrogen) atoms. The van der Waals surface area contributed by atoms with E-state index in [-0.39, 0.29) is 17.3 Å². The van der Waals surface area contributed by atoms with Crippen molar-refractivity contribution in [1.82, 2.24) is 9.21 Å². The lowest BCUT2D eigenvalue weighted by molar-refractivity contribution is -0.133. The van der Waals surface area contributed by atoms with Gasteiger partial charge in [-0.25, -0.2) is 8.42 Å². The molecule has 8 heteroatoms. The quantitative estimate of drug-likeness (QED) is 0.634. The standard InChI is InChI=1S/C20H22BrClN2O3S/c1-23-13-3-2-4-19(20(23)25)24(14-15-5-7-16(21)8-6-15)28(26,27)18-11-9-17(22)10-12-18/h5-12,19H,2-4,13-14H2,1H3/t19-/m1/s1. The highest BCUT2D eigenvalue weighted by Crippen LogP contribution is 2.27. The lowest BCUT2D eigenvalue weighted by atomic mass is 10.1. The second kappa shape index (κ2) is 8.95. The van der Waals surface area contributed by atoms with Crippen molar-refractivity contribution in [3.05, 3.63) is 63.6 Å². The Hall–Kier alpha value is -1.41. The highest BCUT2D eigenvalue weighted by atomic mass is 79.9. The van der Waals surface area contributed by atoms with Gasteiger partial charge in [-0.15, -0.1) is 0 Å². The highest BCUT2D eigenvalue weighted by Gasteiger charge is 2.38. The normalized spacial score (nSPS) is 18.4. The summed E-state index contributed by atoms with van der Waals surface area (Å²) in [6.07, 6.45) is 2.17. The summed E-state index contributed by atoms with van der Waals surface area (Å²) >= 11 is 9.32. The third-order valence-electron chi connectivity index (χ3n) is 4.90. The van der Waals surface area contributed by atoms with Gasteiger partial charge in [-0.1, -0.05) is 39.7 Å². The summed E-state index contributed by atoms with van der Waals surface area (Å²) in [5, 5.41) is 0.462. The van der Waals surface area contributed by atoms with E-state index in [4.69, 9.17) is 11.6 Å². The van der Waals surface area contributed by atoms with Crippen molar-refractivity contribution >= 4 is 43.5 Å². The molecule has 1 aliphatic rings. The second-order valence-corrected chi connectivity index (χ2v) is 10.1. The molecule has 0 unspecified atom stereocenters. The van der Waals surface area contributed by atoms with Gasteiger partial charge in [0.1, 0.15) is 6.04 Å². The molecule has 1 heterocycles. The molecule has 0 aliphatic carbocycles. The predicted octanol–water partition coefficient (Wildman–Crippen LogP) is 4.30. The van der Waals surface area contributed by atoms with Crippen LogP contribution in [0.4, 0.5) is 0 Å². The van der Waals surface area contributed by atoms with Crippen LogP contribution in [0.3, 0.4) is 0 Å². The van der Waals surface area contributed by atoms with E-state index in [2.05, 4.69) is 15.9 Å². The fraction of sp³-hybridized carbons (Fsp3) is 0.350. The van der Waals surface area contributed by atoms with Gasteiger partial charge < -0.3 is 4.90 Å². The number of carbonyl (C=O) groups is 1. The lowest BCUT2D eigenvalue weighted by Crippen LogP contribution is -2.48. The molecular formula is C20H22BrClN2O3S. The van der Waals surface area contributed by atoms with Crippen LogP contribution >= 0.6 is 27.5 Å². The van der Waals surface area contributed by atoms with E-state index in [1.54, 1.807) is 24.1 Å². The summed E-state index contributed by atoms with van der Waals surface area (Å²) < 4.78 is 29.2. The number of likely N-dealkylation sites (tertiary alicyclic amines) is 1. The number of sulfonamides is 1. The molecule has 5 nitrogen and oxygen atoms in total. The molecule has 0 spiro atoms. The molecule has 2 aromatic rings. The Morgan fingerprint density at radius 1 is 1.11 bits per heavy atom. The molecule has 1 amide bonds. The number of hydrogen-bond acceptors (Lipinski definition) is 3. The van der Waals surface area contributed by atoms with E-state index in [1.165, 1.54) is 16.4 Å². The first-order valence-corrected chi connectivity index (χ1v) is 11.7. The molecule has 1 saturated heterocycles. The Morgan fingerprint density at radius 2 is 1.75 bits per heavy atom. The Bertz CT molecular complexity index is 933. The van der Waals surface area contributed by atoms with Crippen LogP contribution in [0.2, 0.25) is 5.02 Å². The van der Waals surface area contributed by atoms with Gasteiger partial charge in [0.15, 0.2) is 0 Å². The van der Waals surface area contributed by atoms with Crippen molar-refractivity contribution in [3.63, 3.8) is 0 Å². The first-order chi connectivity index (χ1) is 13.3. The molecular weight excluding hydrogens is 464 g/mol. The number of benzene rings is 2. The maximum atomic E-state index is 13.5. The minimum Gasteiger partial charge on any atom is -0.344 e. The third kappa shape index (κ3) is 4.76. The molecule has 1 fully saturated rings. The smallest absolute Gasteiger partial charge is 0.244 e. The van der Waals surface area contributed by atoms with Crippen LogP contribution in [0.1, 0.15) is 24.8 Å². The molecule has 0 N–H and O–H groups in total. The molecule has 2 aromatic carbocycles. The van der Waals surface area contributed by atoms with Gasteiger partial charge in [-0.2, -0.15) is 4.31 Å². The van der Waals surface area contributed by atoms with E-state index in [0.717, 1.165) is 22.9 Å². The Labute approximate surface area is 179 Å². The Morgan fingerprint density at radius 3 is 2.39 bits per heavy atom. The molecule has 0 bridgehead atoms. The van der Waals surface area contributed by atoms with E-state index >= 15 is 0 Å². The van der Waals surface area contributed by atoms with Crippen LogP contribution < -0.4 is 0 Å². The number of carbonyl (C=O) groups excluding carboxylic acids is 1. The maximum absolute atomic E-state index is 13.5. The predicted molar refractivity (Wildman–Crippen MR) is 114 cm³/mol. The van der Waals surface area contributed by atoms with Gasteiger partial charge in [-0.3, -0.25) is 4.79 Å². The van der Waals surface area contributed by atoms with Crippen molar-refractivity contribution in [3.8, 4) is 0 Å². The van der Waals surface area contributed by atoms with Gasteiger partial charge in [0, 0.05) is 29.6 Å². The molecule has 0 radical (unpaired) electrons. The van der Waals surface area contributed by atoms with E-state index in [9.17, 15) is 13.2 Å². The third-order valence-corrected chi connectivity index (χ3v) is 7.55. The summed E-state index contributed by atoms with van der Waals surface area (Å²) in [7, 11) is -2.15. The van der Waals surface area contributed by atoms with Crippen LogP contribution in [0.25, 0.3) is 0 Å². The van der Waals surface area contributed by atoms with Gasteiger partial charge in [-0.05, 0) is 61.2 Å². The molecule has 150 valence electrons. The summed E-state index contributed by atoms with van der Waals surface area (Å²) in [6, 6.07) is 12.8. The van der Waals surface area contributed by atoms with Crippen molar-refractivity contribution in [2.75, 3.05) is 13.6 Å². The van der Waals surface area contributed by atoms with Crippen molar-refractivity contribution in [2.24, 2.45) is 0 Å². The van der Waals surface area contributed by atoms with Crippen LogP contribution in [0.15, 0.2) is 57.9 Å². The fourth-order valence-corrected chi connectivity index (χ4v) is 5.31. The number of rotatable bonds is 5. The largest absolute Gasteiger partial charge is 0.344 e. The summed E-state index contributed by atoms with van der Waals surface area (Å²) in [4.78, 5) is 14.7. The van der Waals surface area contributed by atoms with Crippen molar-refractivity contribution in [2.45, 2.75) is 36.7 Å². The van der Waals surface area contributed by atoms with Crippen molar-refractivity contribution < 1.29 is 13.2 Å². The van der Waals surface area contributed by atoms with Gasteiger partial charge in [0.25, 0.3) is 0 Å². The molecule has 1 atom stereocenters. The van der Waals surface area contributed by atoms with Gasteiger partial charge in [0.05, 0.1) is 4.90 Å². The molecule has 3 rings (SSSR count). The van der Waals surface area contributed by atoms with E-state index in [0.29, 0.717) is 18.0 Å². The second-order valence-electron chi connectivity index (χ2n) is 6.90. The van der Waals surface area contributed by atoms with E-state index < -0.39 is 16.1 Å². The lowest BCUT2D eigenvalue weighted by Gasteiger charge is -2.31. The van der Waals surface area contributed by atoms with Crippen LogP contribution in [-0.2, 0) is 21.4 Å². The first kappa shape index (κ1) is 21.3. The van der Waals surface area contributed by atoms with Crippen LogP contribution in [0.5, 0.6) is 0 Å². The number of halogens is 2. The number of likely N-dealkylation sites (N-methyl/N-ethyl adjacent to an activating group) is 1. The molecule has 0 aromatic heterocycles. The zero-order valence-corrected chi connectivity index (χ0v) is 18.7. The number of nitrogens with zero attached hydrogens (tertiary/aromatic N) is 2. The number of hydrogen-bond donors (Lipinski definition) is 0. The van der Waals surface area contributed by atoms with Gasteiger partial charge >= 0.3 is 0 Å². The van der Waals surface area contributed by atoms with E-state index in [1.807, 2.05) is 24.3 Å². The van der Waals surface area contributed by atoms with Gasteiger partial charge in [0.2, 0.25) is 15.9 Å². The fourth-order valence-electron chi connectivity index (χ4n) is 3.32.